The van der Waals surface area contributed by atoms with Gasteiger partial charge >= 0.3 is 0 Å². The molecule has 1 saturated carbocycles. The van der Waals surface area contributed by atoms with Crippen molar-refractivity contribution in [3.05, 3.63) is 0 Å². The number of carbonyl (C=O) groups excluding carboxylic acids is 9. The number of ether oxygens (including phenoxy) is 10. The summed E-state index contributed by atoms with van der Waals surface area (Å²) in [5.41, 5.74) is 0. The lowest BCUT2D eigenvalue weighted by Crippen LogP contribution is -2.64. The summed E-state index contributed by atoms with van der Waals surface area (Å²) in [6.07, 6.45) is -9.70. The Labute approximate surface area is 618 Å². The maximum absolute atomic E-state index is 13.9. The van der Waals surface area contributed by atoms with Gasteiger partial charge in [-0.15, -0.1) is 0 Å². The van der Waals surface area contributed by atoms with Gasteiger partial charge in [0.1, 0.15) is 72.9 Å². The van der Waals surface area contributed by atoms with E-state index in [-0.39, 0.29) is 154 Å². The molecule has 0 bridgehead atoms. The average Bonchev–Trinajstić information content (AvgIpc) is 1.09. The molecule has 106 heavy (non-hydrogen) atoms. The standard InChI is InChI=1S/C68H121N9O29/c1-39(2)104-49-33-44(32-43(49)35-78)75-53(87)14-12-10-8-6-7-9-11-13-15-54(88)76-47(65(96)71-22-25-99-28-31-102-68-58(74-42(5)83)63(94)61(92)51(37-80)106-68)17-19-55(89)77-46(64(95)70-21-24-98-26-29-100-66-56(72-40(3)81)59(90)48(85)34-45(84)38-103-66)16-18-52(86)69-20-23-97-27-30-101-67-57(73-41(4)82)62(93)60(91)50(36-79)105-67/h39,43-51,56-63,66-68,78-80,84-85,90-94H,6-38H2,1-5H3,(H,69,86)(H,70,95)(H,71,96)(H,72,81)(H,73,82)(H,74,83)(H,75,87)(H,76,88)(H,77,89)/t43?,44?,45?,46?,47?,48?,49?,50?,51-,56?,57?,58?,59?,60?,61?,62?,63?,66?,67?,68?/m1/s1. The van der Waals surface area contributed by atoms with E-state index in [9.17, 15) is 94.2 Å². The van der Waals surface area contributed by atoms with Gasteiger partial charge in [0.25, 0.3) is 0 Å². The van der Waals surface area contributed by atoms with E-state index < -0.39 is 171 Å². The molecule has 0 aromatic heterocycles. The molecule has 0 aromatic carbocycles. The monoisotopic (exact) mass is 1530 g/mol. The average molecular weight is 1530 g/mol. The molecule has 9 amide bonds. The Balaban J connectivity index is 1.33. The van der Waals surface area contributed by atoms with E-state index in [2.05, 4.69) is 47.9 Å². The van der Waals surface area contributed by atoms with Crippen LogP contribution in [0.5, 0.6) is 0 Å². The summed E-state index contributed by atoms with van der Waals surface area (Å²) < 4.78 is 56.5. The molecular weight excluding hydrogens is 1410 g/mol. The lowest BCUT2D eigenvalue weighted by molar-refractivity contribution is -0.272. The van der Waals surface area contributed by atoms with Crippen LogP contribution in [0.1, 0.15) is 144 Å². The third-order valence-electron chi connectivity index (χ3n) is 17.9. The lowest BCUT2D eigenvalue weighted by atomic mass is 9.97. The van der Waals surface area contributed by atoms with E-state index in [1.54, 1.807) is 0 Å². The van der Waals surface area contributed by atoms with Crippen molar-refractivity contribution >= 4 is 53.2 Å². The van der Waals surface area contributed by atoms with Gasteiger partial charge in [0.15, 0.2) is 18.9 Å². The van der Waals surface area contributed by atoms with E-state index in [0.717, 1.165) is 38.5 Å². The molecule has 3 aliphatic heterocycles. The van der Waals surface area contributed by atoms with Crippen molar-refractivity contribution in [3.63, 3.8) is 0 Å². The van der Waals surface area contributed by atoms with E-state index in [1.807, 2.05) is 13.8 Å². The van der Waals surface area contributed by atoms with Crippen LogP contribution in [0.3, 0.4) is 0 Å². The van der Waals surface area contributed by atoms with Crippen molar-refractivity contribution in [2.24, 2.45) is 5.92 Å². The van der Waals surface area contributed by atoms with Gasteiger partial charge in [-0.3, -0.25) is 43.2 Å². The molecule has 0 aromatic rings. The number of unbranched alkanes of at least 4 members (excludes halogenated alkanes) is 7. The predicted octanol–water partition coefficient (Wildman–Crippen LogP) is -6.23. The molecule has 38 nitrogen and oxygen atoms in total. The Bertz CT molecular complexity index is 2590. The van der Waals surface area contributed by atoms with Crippen molar-refractivity contribution in [2.45, 2.75) is 266 Å². The predicted molar refractivity (Wildman–Crippen MR) is 370 cm³/mol. The molecule has 1 aliphatic carbocycles. The Morgan fingerprint density at radius 1 is 0.434 bits per heavy atom. The summed E-state index contributed by atoms with van der Waals surface area (Å²) in [5.74, 6) is -4.80. The highest BCUT2D eigenvalue weighted by Gasteiger charge is 2.47. The molecule has 3 saturated heterocycles. The fourth-order valence-electron chi connectivity index (χ4n) is 12.5. The molecule has 3 heterocycles. The third-order valence-corrected chi connectivity index (χ3v) is 17.9. The molecule has 4 rings (SSSR count). The van der Waals surface area contributed by atoms with Gasteiger partial charge in [-0.25, -0.2) is 0 Å². The number of amides is 9. The molecule has 20 atom stereocenters. The number of hydrogen-bond acceptors (Lipinski definition) is 29. The lowest BCUT2D eigenvalue weighted by Gasteiger charge is -2.42. The third kappa shape index (κ3) is 35.4. The van der Waals surface area contributed by atoms with Crippen LogP contribution in [-0.4, -0.2) is 332 Å². The van der Waals surface area contributed by atoms with Gasteiger partial charge in [0, 0.05) is 91.1 Å². The fraction of sp³-hybridized carbons (Fsp3) is 0.868. The maximum Gasteiger partial charge on any atom is 0.242 e. The highest BCUT2D eigenvalue weighted by molar-refractivity contribution is 5.90. The second-order valence-electron chi connectivity index (χ2n) is 27.2. The maximum atomic E-state index is 13.9. The summed E-state index contributed by atoms with van der Waals surface area (Å²) in [6.45, 7) is 4.75. The Morgan fingerprint density at radius 3 is 1.29 bits per heavy atom. The molecule has 19 N–H and O–H groups in total. The second-order valence-corrected chi connectivity index (χ2v) is 27.2. The fourth-order valence-corrected chi connectivity index (χ4v) is 12.5. The molecule has 4 aliphatic rings. The summed E-state index contributed by atoms with van der Waals surface area (Å²) in [6, 6.07) is -6.20. The van der Waals surface area contributed by atoms with Crippen molar-refractivity contribution in [1.82, 2.24) is 47.9 Å². The topological polar surface area (TPSA) is 556 Å². The summed E-state index contributed by atoms with van der Waals surface area (Å²) in [7, 11) is 0. The second kappa shape index (κ2) is 51.8. The van der Waals surface area contributed by atoms with Crippen LogP contribution in [0.15, 0.2) is 0 Å². The first kappa shape index (κ1) is 92.8. The zero-order valence-electron chi connectivity index (χ0n) is 61.7. The minimum absolute atomic E-state index is 0.00741. The van der Waals surface area contributed by atoms with Crippen molar-refractivity contribution < 1.29 is 142 Å². The largest absolute Gasteiger partial charge is 0.396 e. The van der Waals surface area contributed by atoms with E-state index in [4.69, 9.17) is 47.4 Å². The van der Waals surface area contributed by atoms with Gasteiger partial charge in [-0.05, 0) is 52.4 Å². The van der Waals surface area contributed by atoms with Crippen LogP contribution < -0.4 is 47.9 Å². The SMILES string of the molecule is CC(=O)NC1C(OCCOCCNC(=O)C(CCC(=O)NCCOCCOC2OC(CO)C(O)C(O)C2NC(C)=O)NC(=O)CCC(NC(=O)CCCCCCCCCCC(=O)NC2CC(CO)C(OC(C)C)C2)C(=O)NCCOCCOC2O[C@H](CO)C(O)C(O)C2NC(C)=O)OCC(O)CC(O)C1O. The van der Waals surface area contributed by atoms with Crippen LogP contribution in [0, 0.1) is 5.92 Å². The summed E-state index contributed by atoms with van der Waals surface area (Å²) in [4.78, 5) is 117. The molecule has 38 heteroatoms. The van der Waals surface area contributed by atoms with Crippen LogP contribution in [0.25, 0.3) is 0 Å². The minimum Gasteiger partial charge on any atom is -0.396 e. The van der Waals surface area contributed by atoms with E-state index in [1.165, 1.54) is 20.8 Å². The number of nitrogens with one attached hydrogen (secondary N) is 9. The Kier molecular flexibility index (Phi) is 45.3. The number of rotatable bonds is 51. The zero-order valence-corrected chi connectivity index (χ0v) is 61.7. The van der Waals surface area contributed by atoms with E-state index >= 15 is 0 Å². The smallest absolute Gasteiger partial charge is 0.242 e. The van der Waals surface area contributed by atoms with Crippen LogP contribution in [-0.2, 0) is 90.5 Å². The Morgan fingerprint density at radius 2 is 0.849 bits per heavy atom. The number of hydrogen-bond donors (Lipinski definition) is 19. The molecule has 4 fully saturated rings. The molecule has 19 unspecified atom stereocenters. The zero-order chi connectivity index (χ0) is 78.1. The first-order valence-electron chi connectivity index (χ1n) is 36.9. The Hall–Kier alpha value is -5.57. The minimum atomic E-state index is -1.56. The van der Waals surface area contributed by atoms with Gasteiger partial charge in [0.05, 0.1) is 104 Å². The van der Waals surface area contributed by atoms with Gasteiger partial charge in [0.2, 0.25) is 53.2 Å². The molecule has 612 valence electrons. The highest BCUT2D eigenvalue weighted by atomic mass is 16.7. The molecular formula is C68H121N9O29. The summed E-state index contributed by atoms with van der Waals surface area (Å²) in [5, 5.41) is 126. The van der Waals surface area contributed by atoms with Crippen LogP contribution >= 0.6 is 0 Å². The first-order valence-corrected chi connectivity index (χ1v) is 36.9. The van der Waals surface area contributed by atoms with Crippen LogP contribution in [0.2, 0.25) is 0 Å². The number of aliphatic hydroxyl groups excluding tert-OH is 10. The quantitative estimate of drug-likeness (QED) is 0.0252. The van der Waals surface area contributed by atoms with Gasteiger partial charge in [-0.1, -0.05) is 38.5 Å². The van der Waals surface area contributed by atoms with Gasteiger partial charge < -0.3 is 146 Å². The normalized spacial score (nSPS) is 28.1. The van der Waals surface area contributed by atoms with E-state index in [0.29, 0.717) is 32.1 Å². The van der Waals surface area contributed by atoms with Crippen molar-refractivity contribution in [3.8, 4) is 0 Å². The summed E-state index contributed by atoms with van der Waals surface area (Å²) >= 11 is 0. The van der Waals surface area contributed by atoms with Crippen molar-refractivity contribution in [1.29, 1.82) is 0 Å². The van der Waals surface area contributed by atoms with Crippen LogP contribution in [0.4, 0.5) is 0 Å². The number of aliphatic hydroxyl groups is 10. The van der Waals surface area contributed by atoms with Crippen molar-refractivity contribution in [2.75, 3.05) is 106 Å². The highest BCUT2D eigenvalue weighted by Crippen LogP contribution is 2.30. The first-order chi connectivity index (χ1) is 50.7. The molecule has 0 spiro atoms. The van der Waals surface area contributed by atoms with Gasteiger partial charge in [-0.2, -0.15) is 0 Å². The molecule has 0 radical (unpaired) electrons. The number of carbonyl (C=O) groups is 9.